The SMILES string of the molecule is O=C(Cn1ncc2ccccc21)N1CCC(c2nccn2CC2CC2)CC1. The number of amides is 1. The third kappa shape index (κ3) is 3.36. The number of fused-ring (bicyclic) bond motifs is 1. The molecule has 6 nitrogen and oxygen atoms in total. The number of carbonyl (C=O) groups excluding carboxylic acids is 1. The molecule has 1 saturated carbocycles. The summed E-state index contributed by atoms with van der Waals surface area (Å²) < 4.78 is 4.15. The summed E-state index contributed by atoms with van der Waals surface area (Å²) >= 11 is 0. The predicted octanol–water partition coefficient (Wildman–Crippen LogP) is 3.05. The maximum atomic E-state index is 12.8. The Labute approximate surface area is 158 Å². The molecule has 0 unspecified atom stereocenters. The van der Waals surface area contributed by atoms with Crippen molar-refractivity contribution in [2.24, 2.45) is 5.92 Å². The van der Waals surface area contributed by atoms with Crippen LogP contribution >= 0.6 is 0 Å². The Morgan fingerprint density at radius 2 is 1.93 bits per heavy atom. The maximum Gasteiger partial charge on any atom is 0.244 e. The summed E-state index contributed by atoms with van der Waals surface area (Å²) in [5, 5.41) is 5.46. The highest BCUT2D eigenvalue weighted by Gasteiger charge is 2.28. The summed E-state index contributed by atoms with van der Waals surface area (Å²) in [4.78, 5) is 19.4. The van der Waals surface area contributed by atoms with Gasteiger partial charge in [0.2, 0.25) is 5.91 Å². The van der Waals surface area contributed by atoms with E-state index < -0.39 is 0 Å². The Morgan fingerprint density at radius 3 is 2.74 bits per heavy atom. The van der Waals surface area contributed by atoms with Gasteiger partial charge in [-0.1, -0.05) is 18.2 Å². The first-order chi connectivity index (χ1) is 13.3. The van der Waals surface area contributed by atoms with Crippen LogP contribution in [-0.2, 0) is 17.9 Å². The summed E-state index contributed by atoms with van der Waals surface area (Å²) in [7, 11) is 0. The number of likely N-dealkylation sites (tertiary alicyclic amines) is 1. The lowest BCUT2D eigenvalue weighted by molar-refractivity contribution is -0.133. The van der Waals surface area contributed by atoms with E-state index in [0.29, 0.717) is 12.5 Å². The molecule has 5 rings (SSSR count). The van der Waals surface area contributed by atoms with Crippen LogP contribution in [0.3, 0.4) is 0 Å². The highest BCUT2D eigenvalue weighted by molar-refractivity contribution is 5.82. The standard InChI is InChI=1S/C21H25N5O/c27-20(15-26-19-4-2-1-3-18(19)13-23-26)24-10-7-17(8-11-24)21-22-9-12-25(21)14-16-5-6-16/h1-4,9,12-13,16-17H,5-8,10-11,14-15H2. The zero-order chi connectivity index (χ0) is 18.2. The molecule has 1 aliphatic carbocycles. The van der Waals surface area contributed by atoms with Crippen LogP contribution in [-0.4, -0.2) is 43.2 Å². The molecule has 0 radical (unpaired) electrons. The number of carbonyl (C=O) groups is 1. The molecule has 0 N–H and O–H groups in total. The van der Waals surface area contributed by atoms with E-state index in [9.17, 15) is 4.79 Å². The summed E-state index contributed by atoms with van der Waals surface area (Å²) in [6.45, 7) is 3.04. The molecule has 0 bridgehead atoms. The first-order valence-corrected chi connectivity index (χ1v) is 9.97. The van der Waals surface area contributed by atoms with Crippen molar-refractivity contribution in [2.45, 2.75) is 44.7 Å². The number of piperidine rings is 1. The summed E-state index contributed by atoms with van der Waals surface area (Å²) in [5.41, 5.74) is 1.02. The van der Waals surface area contributed by atoms with Gasteiger partial charge < -0.3 is 9.47 Å². The van der Waals surface area contributed by atoms with Gasteiger partial charge in [0.1, 0.15) is 12.4 Å². The zero-order valence-electron chi connectivity index (χ0n) is 15.5. The topological polar surface area (TPSA) is 56.0 Å². The van der Waals surface area contributed by atoms with Gasteiger partial charge in [-0.25, -0.2) is 4.98 Å². The molecular formula is C21H25N5O. The second kappa shape index (κ2) is 6.83. The molecule has 2 aliphatic rings. The second-order valence-electron chi connectivity index (χ2n) is 7.90. The van der Waals surface area contributed by atoms with Crippen LogP contribution in [0.15, 0.2) is 42.9 Å². The van der Waals surface area contributed by atoms with Gasteiger partial charge in [-0.15, -0.1) is 0 Å². The van der Waals surface area contributed by atoms with Crippen LogP contribution in [0.1, 0.15) is 37.4 Å². The van der Waals surface area contributed by atoms with Gasteiger partial charge in [0.25, 0.3) is 0 Å². The molecule has 3 aromatic rings. The van der Waals surface area contributed by atoms with Gasteiger partial charge in [-0.2, -0.15) is 5.10 Å². The molecule has 0 spiro atoms. The summed E-state index contributed by atoms with van der Waals surface area (Å²) in [6.07, 6.45) is 10.6. The van der Waals surface area contributed by atoms with E-state index in [-0.39, 0.29) is 5.91 Å². The van der Waals surface area contributed by atoms with Crippen molar-refractivity contribution >= 4 is 16.8 Å². The van der Waals surface area contributed by atoms with Crippen LogP contribution in [0.5, 0.6) is 0 Å². The average Bonchev–Trinajstić information content (AvgIpc) is 3.24. The first kappa shape index (κ1) is 16.5. The number of aromatic nitrogens is 4. The highest BCUT2D eigenvalue weighted by atomic mass is 16.2. The fourth-order valence-corrected chi connectivity index (χ4v) is 4.18. The average molecular weight is 363 g/mol. The first-order valence-electron chi connectivity index (χ1n) is 9.97. The van der Waals surface area contributed by atoms with E-state index in [1.54, 1.807) is 0 Å². The van der Waals surface area contributed by atoms with Crippen LogP contribution in [0.25, 0.3) is 10.9 Å². The zero-order valence-corrected chi connectivity index (χ0v) is 15.5. The van der Waals surface area contributed by atoms with Crippen molar-refractivity contribution in [3.8, 4) is 0 Å². The highest BCUT2D eigenvalue weighted by Crippen LogP contribution is 2.33. The second-order valence-corrected chi connectivity index (χ2v) is 7.90. The summed E-state index contributed by atoms with van der Waals surface area (Å²) in [5.74, 6) is 2.69. The van der Waals surface area contributed by atoms with E-state index in [1.807, 2.05) is 46.2 Å². The monoisotopic (exact) mass is 363 g/mol. The fraction of sp³-hybridized carbons (Fsp3) is 0.476. The molecular weight excluding hydrogens is 338 g/mol. The largest absolute Gasteiger partial charge is 0.341 e. The minimum absolute atomic E-state index is 0.156. The Bertz CT molecular complexity index is 946. The normalized spacial score (nSPS) is 18.3. The minimum atomic E-state index is 0.156. The van der Waals surface area contributed by atoms with E-state index in [2.05, 4.69) is 20.8 Å². The Balaban J connectivity index is 1.21. The third-order valence-electron chi connectivity index (χ3n) is 5.95. The lowest BCUT2D eigenvalue weighted by atomic mass is 9.95. The van der Waals surface area contributed by atoms with Gasteiger partial charge in [0.15, 0.2) is 0 Å². The van der Waals surface area contributed by atoms with Gasteiger partial charge in [-0.3, -0.25) is 9.48 Å². The quantitative estimate of drug-likeness (QED) is 0.700. The molecule has 2 fully saturated rings. The molecule has 1 saturated heterocycles. The number of para-hydroxylation sites is 1. The van der Waals surface area contributed by atoms with E-state index in [0.717, 1.165) is 49.3 Å². The number of rotatable bonds is 5. The van der Waals surface area contributed by atoms with Crippen LogP contribution in [0.4, 0.5) is 0 Å². The van der Waals surface area contributed by atoms with Gasteiger partial charge in [-0.05, 0) is 37.7 Å². The minimum Gasteiger partial charge on any atom is -0.341 e. The van der Waals surface area contributed by atoms with Gasteiger partial charge in [0.05, 0.1) is 11.7 Å². The molecule has 3 heterocycles. The molecule has 2 aromatic heterocycles. The molecule has 0 atom stereocenters. The number of nitrogens with zero attached hydrogens (tertiary/aromatic N) is 5. The van der Waals surface area contributed by atoms with Crippen LogP contribution in [0.2, 0.25) is 0 Å². The van der Waals surface area contributed by atoms with Crippen molar-refractivity contribution < 1.29 is 4.79 Å². The smallest absolute Gasteiger partial charge is 0.244 e. The predicted molar refractivity (Wildman–Crippen MR) is 103 cm³/mol. The van der Waals surface area contributed by atoms with Crippen molar-refractivity contribution in [3.63, 3.8) is 0 Å². The lowest BCUT2D eigenvalue weighted by Crippen LogP contribution is -2.40. The van der Waals surface area contributed by atoms with E-state index in [4.69, 9.17) is 0 Å². The van der Waals surface area contributed by atoms with Crippen molar-refractivity contribution in [2.75, 3.05) is 13.1 Å². The fourth-order valence-electron chi connectivity index (χ4n) is 4.18. The molecule has 1 aliphatic heterocycles. The molecule has 140 valence electrons. The Morgan fingerprint density at radius 1 is 1.11 bits per heavy atom. The number of hydrogen-bond donors (Lipinski definition) is 0. The number of benzene rings is 1. The van der Waals surface area contributed by atoms with Crippen LogP contribution in [0, 0.1) is 5.92 Å². The lowest BCUT2D eigenvalue weighted by Gasteiger charge is -2.32. The van der Waals surface area contributed by atoms with Crippen LogP contribution < -0.4 is 0 Å². The van der Waals surface area contributed by atoms with E-state index in [1.165, 1.54) is 18.7 Å². The molecule has 6 heteroatoms. The number of imidazole rings is 1. The van der Waals surface area contributed by atoms with Crippen molar-refractivity contribution in [1.29, 1.82) is 0 Å². The molecule has 1 aromatic carbocycles. The van der Waals surface area contributed by atoms with E-state index >= 15 is 0 Å². The third-order valence-corrected chi connectivity index (χ3v) is 5.95. The number of hydrogen-bond acceptors (Lipinski definition) is 3. The van der Waals surface area contributed by atoms with Gasteiger partial charge >= 0.3 is 0 Å². The van der Waals surface area contributed by atoms with Crippen molar-refractivity contribution in [1.82, 2.24) is 24.2 Å². The Kier molecular flexibility index (Phi) is 4.19. The van der Waals surface area contributed by atoms with Crippen molar-refractivity contribution in [3.05, 3.63) is 48.7 Å². The maximum absolute atomic E-state index is 12.8. The summed E-state index contributed by atoms with van der Waals surface area (Å²) in [6, 6.07) is 8.02. The molecule has 1 amide bonds. The molecule has 27 heavy (non-hydrogen) atoms. The Hall–Kier alpha value is -2.63. The van der Waals surface area contributed by atoms with Gasteiger partial charge in [0, 0.05) is 43.3 Å².